The Hall–Kier alpha value is -2.01. The highest BCUT2D eigenvalue weighted by Crippen LogP contribution is 2.12. The topological polar surface area (TPSA) is 76.7 Å². The quantitative estimate of drug-likeness (QED) is 0.776. The standard InChI is InChI=1S/C10H11N5/c11-4-8-3-9(6-13-5-8)15-10-7-12-1-2-14-10/h1-3,5-7H,4,11H2,(H,14,15). The molecule has 0 saturated heterocycles. The number of hydrogen-bond acceptors (Lipinski definition) is 5. The average Bonchev–Trinajstić information content (AvgIpc) is 2.31. The summed E-state index contributed by atoms with van der Waals surface area (Å²) < 4.78 is 0. The molecule has 5 heteroatoms. The van der Waals surface area contributed by atoms with E-state index in [0.29, 0.717) is 12.4 Å². The van der Waals surface area contributed by atoms with E-state index in [1.165, 1.54) is 0 Å². The van der Waals surface area contributed by atoms with Gasteiger partial charge in [-0.1, -0.05) is 0 Å². The second kappa shape index (κ2) is 4.47. The van der Waals surface area contributed by atoms with E-state index in [1.54, 1.807) is 31.0 Å². The van der Waals surface area contributed by atoms with E-state index in [0.717, 1.165) is 11.3 Å². The molecule has 0 unspecified atom stereocenters. The molecule has 0 aliphatic heterocycles. The van der Waals surface area contributed by atoms with Crippen molar-refractivity contribution in [3.05, 3.63) is 42.6 Å². The Morgan fingerprint density at radius 1 is 1.13 bits per heavy atom. The van der Waals surface area contributed by atoms with E-state index >= 15 is 0 Å². The molecule has 0 radical (unpaired) electrons. The minimum Gasteiger partial charge on any atom is -0.338 e. The van der Waals surface area contributed by atoms with Crippen LogP contribution in [0.5, 0.6) is 0 Å². The van der Waals surface area contributed by atoms with E-state index < -0.39 is 0 Å². The van der Waals surface area contributed by atoms with Crippen LogP contribution < -0.4 is 11.1 Å². The maximum Gasteiger partial charge on any atom is 0.148 e. The van der Waals surface area contributed by atoms with Gasteiger partial charge >= 0.3 is 0 Å². The van der Waals surface area contributed by atoms with Crippen molar-refractivity contribution in [2.24, 2.45) is 5.73 Å². The van der Waals surface area contributed by atoms with Crippen LogP contribution in [0.2, 0.25) is 0 Å². The van der Waals surface area contributed by atoms with Gasteiger partial charge in [-0.3, -0.25) is 9.97 Å². The lowest BCUT2D eigenvalue weighted by atomic mass is 10.2. The molecule has 0 fully saturated rings. The first kappa shape index (κ1) is 9.54. The Labute approximate surface area is 87.4 Å². The summed E-state index contributed by atoms with van der Waals surface area (Å²) in [6.45, 7) is 0.475. The van der Waals surface area contributed by atoms with Crippen LogP contribution in [0.4, 0.5) is 11.5 Å². The molecule has 2 heterocycles. The third-order valence-corrected chi connectivity index (χ3v) is 1.87. The second-order valence-corrected chi connectivity index (χ2v) is 3.00. The molecule has 0 saturated carbocycles. The zero-order valence-electron chi connectivity index (χ0n) is 8.09. The predicted molar refractivity (Wildman–Crippen MR) is 57.4 cm³/mol. The third kappa shape index (κ3) is 2.47. The van der Waals surface area contributed by atoms with E-state index in [-0.39, 0.29) is 0 Å². The molecule has 0 aliphatic carbocycles. The van der Waals surface area contributed by atoms with Crippen molar-refractivity contribution in [3.8, 4) is 0 Å². The number of pyridine rings is 1. The van der Waals surface area contributed by atoms with Crippen molar-refractivity contribution in [2.75, 3.05) is 5.32 Å². The fraction of sp³-hybridized carbons (Fsp3) is 0.100. The Kier molecular flexibility index (Phi) is 2.85. The van der Waals surface area contributed by atoms with Crippen LogP contribution in [0.3, 0.4) is 0 Å². The maximum atomic E-state index is 5.52. The van der Waals surface area contributed by atoms with Gasteiger partial charge in [0.1, 0.15) is 5.82 Å². The Balaban J connectivity index is 2.17. The molecule has 2 aromatic heterocycles. The van der Waals surface area contributed by atoms with Crippen molar-refractivity contribution in [1.29, 1.82) is 0 Å². The monoisotopic (exact) mass is 201 g/mol. The average molecular weight is 201 g/mol. The number of nitrogens with zero attached hydrogens (tertiary/aromatic N) is 3. The molecule has 76 valence electrons. The van der Waals surface area contributed by atoms with Crippen molar-refractivity contribution in [1.82, 2.24) is 15.0 Å². The molecule has 15 heavy (non-hydrogen) atoms. The first-order valence-corrected chi connectivity index (χ1v) is 4.55. The number of nitrogens with two attached hydrogens (primary N) is 1. The van der Waals surface area contributed by atoms with Crippen molar-refractivity contribution >= 4 is 11.5 Å². The summed E-state index contributed by atoms with van der Waals surface area (Å²) >= 11 is 0. The number of hydrogen-bond donors (Lipinski definition) is 2. The number of aromatic nitrogens is 3. The molecule has 2 aromatic rings. The lowest BCUT2D eigenvalue weighted by Gasteiger charge is -2.05. The molecule has 3 N–H and O–H groups in total. The van der Waals surface area contributed by atoms with Crippen LogP contribution in [0.15, 0.2) is 37.1 Å². The maximum absolute atomic E-state index is 5.52. The number of nitrogens with one attached hydrogen (secondary N) is 1. The highest BCUT2D eigenvalue weighted by atomic mass is 15.0. The van der Waals surface area contributed by atoms with E-state index in [4.69, 9.17) is 5.73 Å². The zero-order valence-corrected chi connectivity index (χ0v) is 8.09. The Bertz CT molecular complexity index is 429. The summed E-state index contributed by atoms with van der Waals surface area (Å²) in [7, 11) is 0. The van der Waals surface area contributed by atoms with Crippen LogP contribution in [0.25, 0.3) is 0 Å². The van der Waals surface area contributed by atoms with Gasteiger partial charge in [-0.25, -0.2) is 4.98 Å². The largest absolute Gasteiger partial charge is 0.338 e. The highest BCUT2D eigenvalue weighted by Gasteiger charge is 1.97. The molecule has 2 rings (SSSR count). The molecule has 0 amide bonds. The van der Waals surface area contributed by atoms with Gasteiger partial charge in [0.2, 0.25) is 0 Å². The van der Waals surface area contributed by atoms with Crippen LogP contribution in [-0.4, -0.2) is 15.0 Å². The molecule has 0 bridgehead atoms. The van der Waals surface area contributed by atoms with Gasteiger partial charge in [-0.2, -0.15) is 0 Å². The SMILES string of the molecule is NCc1cncc(Nc2cnccn2)c1. The Morgan fingerprint density at radius 3 is 2.80 bits per heavy atom. The van der Waals surface area contributed by atoms with Crippen LogP contribution in [0, 0.1) is 0 Å². The lowest BCUT2D eigenvalue weighted by molar-refractivity contribution is 1.05. The number of rotatable bonds is 3. The van der Waals surface area contributed by atoms with Crippen molar-refractivity contribution in [2.45, 2.75) is 6.54 Å². The minimum absolute atomic E-state index is 0.475. The minimum atomic E-state index is 0.475. The van der Waals surface area contributed by atoms with Gasteiger partial charge in [0.25, 0.3) is 0 Å². The summed E-state index contributed by atoms with van der Waals surface area (Å²) in [5.41, 5.74) is 7.35. The van der Waals surface area contributed by atoms with Gasteiger partial charge in [-0.05, 0) is 11.6 Å². The van der Waals surface area contributed by atoms with Gasteiger partial charge in [-0.15, -0.1) is 0 Å². The van der Waals surface area contributed by atoms with E-state index in [9.17, 15) is 0 Å². The summed E-state index contributed by atoms with van der Waals surface area (Å²) in [5, 5.41) is 3.09. The first-order valence-electron chi connectivity index (χ1n) is 4.55. The molecular formula is C10H11N5. The molecular weight excluding hydrogens is 190 g/mol. The summed E-state index contributed by atoms with van der Waals surface area (Å²) in [4.78, 5) is 12.1. The number of anilines is 2. The highest BCUT2D eigenvalue weighted by molar-refractivity contribution is 5.54. The molecule has 0 aliphatic rings. The summed E-state index contributed by atoms with van der Waals surface area (Å²) in [5.74, 6) is 0.688. The summed E-state index contributed by atoms with van der Waals surface area (Å²) in [6, 6.07) is 1.93. The van der Waals surface area contributed by atoms with Crippen LogP contribution >= 0.6 is 0 Å². The fourth-order valence-electron chi connectivity index (χ4n) is 1.18. The van der Waals surface area contributed by atoms with Crippen molar-refractivity contribution in [3.63, 3.8) is 0 Å². The van der Waals surface area contributed by atoms with E-state index in [1.807, 2.05) is 6.07 Å². The van der Waals surface area contributed by atoms with Crippen LogP contribution in [0.1, 0.15) is 5.56 Å². The van der Waals surface area contributed by atoms with Gasteiger partial charge in [0.15, 0.2) is 0 Å². The molecule has 0 spiro atoms. The lowest BCUT2D eigenvalue weighted by Crippen LogP contribution is -1.99. The smallest absolute Gasteiger partial charge is 0.148 e. The van der Waals surface area contributed by atoms with Gasteiger partial charge < -0.3 is 11.1 Å². The van der Waals surface area contributed by atoms with E-state index in [2.05, 4.69) is 20.3 Å². The zero-order chi connectivity index (χ0) is 10.5. The summed E-state index contributed by atoms with van der Waals surface area (Å²) in [6.07, 6.45) is 8.35. The molecule has 0 atom stereocenters. The molecule has 0 aromatic carbocycles. The van der Waals surface area contributed by atoms with Gasteiger partial charge in [0, 0.05) is 25.1 Å². The second-order valence-electron chi connectivity index (χ2n) is 3.00. The molecule has 5 nitrogen and oxygen atoms in total. The Morgan fingerprint density at radius 2 is 2.07 bits per heavy atom. The van der Waals surface area contributed by atoms with Crippen LogP contribution in [-0.2, 0) is 6.54 Å². The predicted octanol–water partition coefficient (Wildman–Crippen LogP) is 1.07. The van der Waals surface area contributed by atoms with Gasteiger partial charge in [0.05, 0.1) is 18.1 Å². The first-order chi connectivity index (χ1) is 7.38. The fourth-order valence-corrected chi connectivity index (χ4v) is 1.18. The third-order valence-electron chi connectivity index (χ3n) is 1.87. The normalized spacial score (nSPS) is 9.93. The van der Waals surface area contributed by atoms with Crippen molar-refractivity contribution < 1.29 is 0 Å².